The molecule has 0 bridgehead atoms. The Morgan fingerprint density at radius 1 is 1.22 bits per heavy atom. The van der Waals surface area contributed by atoms with Crippen molar-refractivity contribution in [3.63, 3.8) is 0 Å². The largest absolute Gasteiger partial charge is 0.454 e. The monoisotopic (exact) mass is 378 g/mol. The number of hydrogen-bond donors (Lipinski definition) is 0. The molecular formula is C21H18N2O3S. The van der Waals surface area contributed by atoms with Crippen molar-refractivity contribution in [1.82, 2.24) is 4.57 Å². The number of carbonyl (C=O) groups is 1. The van der Waals surface area contributed by atoms with Crippen molar-refractivity contribution >= 4 is 27.5 Å². The van der Waals surface area contributed by atoms with E-state index in [4.69, 9.17) is 15.9 Å². The fourth-order valence-electron chi connectivity index (χ4n) is 3.00. The molecule has 0 radical (unpaired) electrons. The molecule has 2 aromatic carbocycles. The fraction of sp³-hybridized carbons (Fsp3) is 0.238. The minimum absolute atomic E-state index is 0.198. The molecule has 6 heteroatoms. The quantitative estimate of drug-likeness (QED) is 0.655. The van der Waals surface area contributed by atoms with Crippen LogP contribution in [0.15, 0.2) is 41.4 Å². The second kappa shape index (κ2) is 7.29. The molecule has 0 aliphatic carbocycles. The van der Waals surface area contributed by atoms with E-state index in [-0.39, 0.29) is 19.1 Å². The Labute approximate surface area is 160 Å². The van der Waals surface area contributed by atoms with Crippen LogP contribution in [0.2, 0.25) is 0 Å². The molecule has 0 atom stereocenters. The summed E-state index contributed by atoms with van der Waals surface area (Å²) in [7, 11) is 0. The van der Waals surface area contributed by atoms with E-state index in [9.17, 15) is 4.79 Å². The number of carbonyl (C=O) groups excluding carboxylic acids is 1. The Hall–Kier alpha value is -3.04. The topological polar surface area (TPSA) is 52.8 Å². The summed E-state index contributed by atoms with van der Waals surface area (Å²) in [5.41, 5.74) is 3.09. The average molecular weight is 378 g/mol. The van der Waals surface area contributed by atoms with Gasteiger partial charge >= 0.3 is 0 Å². The summed E-state index contributed by atoms with van der Waals surface area (Å²) in [5.74, 6) is 3.81. The van der Waals surface area contributed by atoms with E-state index >= 15 is 0 Å². The van der Waals surface area contributed by atoms with E-state index in [0.29, 0.717) is 22.8 Å². The maximum absolute atomic E-state index is 12.5. The summed E-state index contributed by atoms with van der Waals surface area (Å²) < 4.78 is 13.7. The van der Waals surface area contributed by atoms with Gasteiger partial charge in [0.25, 0.3) is 5.91 Å². The van der Waals surface area contributed by atoms with Gasteiger partial charge in [-0.2, -0.15) is 4.99 Å². The summed E-state index contributed by atoms with van der Waals surface area (Å²) in [6, 6.07) is 11.8. The number of fused-ring (bicyclic) bond motifs is 2. The van der Waals surface area contributed by atoms with Crippen LogP contribution in [0, 0.1) is 12.3 Å². The second-order valence-electron chi connectivity index (χ2n) is 6.20. The Kier molecular flexibility index (Phi) is 4.69. The van der Waals surface area contributed by atoms with Crippen LogP contribution in [0.4, 0.5) is 0 Å². The third-order valence-corrected chi connectivity index (χ3v) is 5.47. The summed E-state index contributed by atoms with van der Waals surface area (Å²) in [4.78, 5) is 17.4. The Morgan fingerprint density at radius 2 is 1.93 bits per heavy atom. The van der Waals surface area contributed by atoms with Gasteiger partial charge in [0.05, 0.1) is 23.2 Å². The van der Waals surface area contributed by atoms with Crippen molar-refractivity contribution in [3.8, 4) is 23.8 Å². The lowest BCUT2D eigenvalue weighted by Crippen LogP contribution is -2.17. The van der Waals surface area contributed by atoms with Crippen LogP contribution in [0.3, 0.4) is 0 Å². The van der Waals surface area contributed by atoms with Gasteiger partial charge in [-0.05, 0) is 17.5 Å². The van der Waals surface area contributed by atoms with Gasteiger partial charge in [-0.15, -0.1) is 6.42 Å². The number of thiazole rings is 1. The van der Waals surface area contributed by atoms with E-state index in [2.05, 4.69) is 17.8 Å². The van der Waals surface area contributed by atoms with Crippen molar-refractivity contribution in [2.75, 3.05) is 6.79 Å². The molecule has 0 fully saturated rings. The molecule has 0 saturated heterocycles. The lowest BCUT2D eigenvalue weighted by Gasteiger charge is -2.02. The van der Waals surface area contributed by atoms with Gasteiger partial charge in [0.2, 0.25) is 6.79 Å². The Morgan fingerprint density at radius 3 is 2.63 bits per heavy atom. The van der Waals surface area contributed by atoms with Crippen molar-refractivity contribution in [2.45, 2.75) is 26.3 Å². The molecular weight excluding hydrogens is 360 g/mol. The maximum Gasteiger partial charge on any atom is 0.252 e. The second-order valence-corrected chi connectivity index (χ2v) is 7.21. The number of hydrogen-bond acceptors (Lipinski definition) is 4. The standard InChI is InChI=1S/C21H18N2O3S/c1-3-9-23-16-11-17-18(26-13-25-17)12-19(16)27-21(23)22-20(24)10-15-7-5-14(4-2)6-8-15/h1,5-8,11-12H,4,9-10,13H2,2H3. The molecule has 0 saturated carbocycles. The number of nitrogens with zero attached hydrogens (tertiary/aromatic N) is 2. The first kappa shape index (κ1) is 17.4. The van der Waals surface area contributed by atoms with Gasteiger partial charge in [0, 0.05) is 12.1 Å². The number of amides is 1. The van der Waals surface area contributed by atoms with Gasteiger partial charge < -0.3 is 14.0 Å². The molecule has 27 heavy (non-hydrogen) atoms. The molecule has 0 N–H and O–H groups in total. The van der Waals surface area contributed by atoms with E-state index in [1.165, 1.54) is 16.9 Å². The highest BCUT2D eigenvalue weighted by atomic mass is 32.1. The summed E-state index contributed by atoms with van der Waals surface area (Å²) in [6.45, 7) is 2.65. The summed E-state index contributed by atoms with van der Waals surface area (Å²) in [5, 5.41) is 0. The minimum Gasteiger partial charge on any atom is -0.454 e. The number of terminal acetylenes is 1. The molecule has 1 aliphatic rings. The highest BCUT2D eigenvalue weighted by molar-refractivity contribution is 7.16. The third-order valence-electron chi connectivity index (χ3n) is 4.43. The van der Waals surface area contributed by atoms with E-state index in [1.54, 1.807) is 0 Å². The van der Waals surface area contributed by atoms with Crippen molar-refractivity contribution in [2.24, 2.45) is 4.99 Å². The van der Waals surface area contributed by atoms with Gasteiger partial charge in [0.1, 0.15) is 0 Å². The van der Waals surface area contributed by atoms with Crippen LogP contribution in [0.1, 0.15) is 18.1 Å². The lowest BCUT2D eigenvalue weighted by molar-refractivity contribution is -0.117. The van der Waals surface area contributed by atoms with Crippen LogP contribution >= 0.6 is 11.3 Å². The molecule has 0 spiro atoms. The first-order valence-corrected chi connectivity index (χ1v) is 9.51. The predicted molar refractivity (Wildman–Crippen MR) is 105 cm³/mol. The number of rotatable bonds is 4. The zero-order valence-electron chi connectivity index (χ0n) is 14.9. The molecule has 1 amide bonds. The number of aryl methyl sites for hydroxylation is 1. The van der Waals surface area contributed by atoms with Crippen LogP contribution in [0.5, 0.6) is 11.5 Å². The van der Waals surface area contributed by atoms with Gasteiger partial charge in [-0.3, -0.25) is 4.79 Å². The molecule has 136 valence electrons. The molecule has 0 unspecified atom stereocenters. The molecule has 4 rings (SSSR count). The maximum atomic E-state index is 12.5. The summed E-state index contributed by atoms with van der Waals surface area (Å²) >= 11 is 1.42. The zero-order chi connectivity index (χ0) is 18.8. The minimum atomic E-state index is -0.198. The molecule has 2 heterocycles. The van der Waals surface area contributed by atoms with Crippen LogP contribution < -0.4 is 14.3 Å². The van der Waals surface area contributed by atoms with E-state index in [0.717, 1.165) is 22.2 Å². The molecule has 3 aromatic rings. The zero-order valence-corrected chi connectivity index (χ0v) is 15.7. The number of ether oxygens (including phenoxy) is 2. The fourth-order valence-corrected chi connectivity index (χ4v) is 4.06. The van der Waals surface area contributed by atoms with Gasteiger partial charge in [-0.25, -0.2) is 0 Å². The van der Waals surface area contributed by atoms with E-state index < -0.39 is 0 Å². The van der Waals surface area contributed by atoms with Crippen molar-refractivity contribution in [3.05, 3.63) is 52.3 Å². The third kappa shape index (κ3) is 3.46. The van der Waals surface area contributed by atoms with Crippen molar-refractivity contribution in [1.29, 1.82) is 0 Å². The van der Waals surface area contributed by atoms with Crippen molar-refractivity contribution < 1.29 is 14.3 Å². The van der Waals surface area contributed by atoms with Gasteiger partial charge in [0.15, 0.2) is 16.3 Å². The highest BCUT2D eigenvalue weighted by Crippen LogP contribution is 2.36. The number of benzene rings is 2. The van der Waals surface area contributed by atoms with Crippen LogP contribution in [0.25, 0.3) is 10.2 Å². The average Bonchev–Trinajstić information content (AvgIpc) is 3.25. The smallest absolute Gasteiger partial charge is 0.252 e. The molecule has 1 aliphatic heterocycles. The first-order valence-electron chi connectivity index (χ1n) is 8.69. The Bertz CT molecular complexity index is 1120. The normalized spacial score (nSPS) is 13.1. The predicted octanol–water partition coefficient (Wildman–Crippen LogP) is 3.30. The van der Waals surface area contributed by atoms with Crippen LogP contribution in [-0.2, 0) is 24.2 Å². The highest BCUT2D eigenvalue weighted by Gasteiger charge is 2.17. The molecule has 1 aromatic heterocycles. The SMILES string of the molecule is C#CCn1c(=NC(=O)Cc2ccc(CC)cc2)sc2cc3c(cc21)OCO3. The number of aromatic nitrogens is 1. The molecule has 5 nitrogen and oxygen atoms in total. The first-order chi connectivity index (χ1) is 13.2. The Balaban J connectivity index is 1.69. The van der Waals surface area contributed by atoms with E-state index in [1.807, 2.05) is 41.0 Å². The lowest BCUT2D eigenvalue weighted by atomic mass is 10.1. The van der Waals surface area contributed by atoms with Crippen LogP contribution in [-0.4, -0.2) is 17.3 Å². The van der Waals surface area contributed by atoms with Gasteiger partial charge in [-0.1, -0.05) is 48.4 Å². The summed E-state index contributed by atoms with van der Waals surface area (Å²) in [6.07, 6.45) is 6.76.